The Labute approximate surface area is 141 Å². The summed E-state index contributed by atoms with van der Waals surface area (Å²) in [6, 6.07) is 0. The molecule has 0 aromatic carbocycles. The Morgan fingerprint density at radius 3 is 1.33 bits per heavy atom. The lowest BCUT2D eigenvalue weighted by molar-refractivity contribution is -0.167. The molecule has 24 heavy (non-hydrogen) atoms. The Hall–Kier alpha value is -2.20. The first-order chi connectivity index (χ1) is 11.2. The van der Waals surface area contributed by atoms with E-state index in [0.29, 0.717) is 0 Å². The zero-order chi connectivity index (χ0) is 18.5. The van der Waals surface area contributed by atoms with Gasteiger partial charge in [0.15, 0.2) is 0 Å². The fourth-order valence-corrected chi connectivity index (χ4v) is 1.47. The molecule has 0 aromatic rings. The minimum Gasteiger partial charge on any atom is -0.455 e. The van der Waals surface area contributed by atoms with E-state index in [4.69, 9.17) is 0 Å². The molecule has 0 saturated carbocycles. The summed E-state index contributed by atoms with van der Waals surface area (Å²) in [6.45, 7) is 0.378. The van der Waals surface area contributed by atoms with Crippen LogP contribution < -0.4 is 10.6 Å². The number of nitrogens with zero attached hydrogens (tertiary/aromatic N) is 2. The number of nitrogens with one attached hydrogen (secondary N) is 2. The number of hydrogen-bond donors (Lipinski definition) is 2. The minimum absolute atomic E-state index is 0.103. The van der Waals surface area contributed by atoms with Gasteiger partial charge in [0.25, 0.3) is 0 Å². The van der Waals surface area contributed by atoms with Crippen molar-refractivity contribution in [2.45, 2.75) is 0 Å². The number of rotatable bonds is 10. The van der Waals surface area contributed by atoms with Crippen LogP contribution in [-0.2, 0) is 28.7 Å². The first-order valence-corrected chi connectivity index (χ1v) is 7.39. The second-order valence-electron chi connectivity index (χ2n) is 5.45. The van der Waals surface area contributed by atoms with Gasteiger partial charge in [-0.3, -0.25) is 9.59 Å². The van der Waals surface area contributed by atoms with Gasteiger partial charge in [-0.15, -0.1) is 0 Å². The van der Waals surface area contributed by atoms with Crippen molar-refractivity contribution in [1.82, 2.24) is 20.4 Å². The molecular weight excluding hydrogens is 320 g/mol. The average Bonchev–Trinajstić information content (AvgIpc) is 2.46. The van der Waals surface area contributed by atoms with Crippen molar-refractivity contribution in [2.24, 2.45) is 0 Å². The number of esters is 2. The van der Waals surface area contributed by atoms with Gasteiger partial charge >= 0.3 is 11.9 Å². The zero-order valence-electron chi connectivity index (χ0n) is 14.6. The van der Waals surface area contributed by atoms with Gasteiger partial charge in [-0.2, -0.15) is 0 Å². The fraction of sp³-hybridized carbons (Fsp3) is 0.714. The number of ether oxygens (including phenoxy) is 2. The van der Waals surface area contributed by atoms with Gasteiger partial charge in [0.05, 0.1) is 26.2 Å². The van der Waals surface area contributed by atoms with E-state index >= 15 is 0 Å². The second kappa shape index (κ2) is 12.3. The Balaban J connectivity index is 3.72. The van der Waals surface area contributed by atoms with Gasteiger partial charge < -0.3 is 29.9 Å². The lowest BCUT2D eigenvalue weighted by atomic mass is 10.5. The Morgan fingerprint density at radius 1 is 0.708 bits per heavy atom. The SMILES string of the molecule is CN(C)CC(=O)NCCOC(=O)C(=O)OCCNC(=O)CN(C)C. The topological polar surface area (TPSA) is 117 Å². The molecule has 10 nitrogen and oxygen atoms in total. The fourth-order valence-electron chi connectivity index (χ4n) is 1.47. The van der Waals surface area contributed by atoms with E-state index in [1.165, 1.54) is 0 Å². The maximum atomic E-state index is 11.3. The van der Waals surface area contributed by atoms with E-state index in [1.807, 2.05) is 0 Å². The van der Waals surface area contributed by atoms with Crippen molar-refractivity contribution >= 4 is 23.8 Å². The van der Waals surface area contributed by atoms with Gasteiger partial charge in [-0.05, 0) is 28.2 Å². The summed E-state index contributed by atoms with van der Waals surface area (Å²) < 4.78 is 9.31. The van der Waals surface area contributed by atoms with E-state index in [1.54, 1.807) is 38.0 Å². The zero-order valence-corrected chi connectivity index (χ0v) is 14.6. The van der Waals surface area contributed by atoms with E-state index < -0.39 is 11.9 Å². The number of carbonyl (C=O) groups is 4. The van der Waals surface area contributed by atoms with E-state index in [9.17, 15) is 19.2 Å². The van der Waals surface area contributed by atoms with Gasteiger partial charge in [-0.25, -0.2) is 9.59 Å². The molecule has 0 unspecified atom stereocenters. The molecule has 2 N–H and O–H groups in total. The molecule has 0 saturated heterocycles. The van der Waals surface area contributed by atoms with Crippen LogP contribution in [0.3, 0.4) is 0 Å². The molecule has 0 radical (unpaired) electrons. The number of amides is 2. The van der Waals surface area contributed by atoms with Crippen LogP contribution in [0.1, 0.15) is 0 Å². The summed E-state index contributed by atoms with van der Waals surface area (Å²) in [5, 5.41) is 5.05. The average molecular weight is 346 g/mol. The third kappa shape index (κ3) is 12.4. The van der Waals surface area contributed by atoms with Crippen LogP contribution in [0.25, 0.3) is 0 Å². The standard InChI is InChI=1S/C14H26N4O6/c1-17(2)9-11(19)15-5-7-23-13(21)14(22)24-8-6-16-12(20)10-18(3)4/h5-10H2,1-4H3,(H,15,19)(H,16,20). The molecule has 0 atom stereocenters. The molecule has 0 aliphatic rings. The first-order valence-electron chi connectivity index (χ1n) is 7.39. The number of hydrogen-bond acceptors (Lipinski definition) is 8. The highest BCUT2D eigenvalue weighted by molar-refractivity contribution is 6.29. The molecule has 0 fully saturated rings. The summed E-state index contributed by atoms with van der Waals surface area (Å²) in [5.74, 6) is -2.72. The van der Waals surface area contributed by atoms with Crippen molar-refractivity contribution in [3.8, 4) is 0 Å². The lowest BCUT2D eigenvalue weighted by Gasteiger charge is -2.11. The van der Waals surface area contributed by atoms with Crippen LogP contribution in [-0.4, -0.2) is 101 Å². The van der Waals surface area contributed by atoms with Crippen LogP contribution in [0.5, 0.6) is 0 Å². The molecule has 138 valence electrons. The highest BCUT2D eigenvalue weighted by atomic mass is 16.6. The first kappa shape index (κ1) is 21.8. The van der Waals surface area contributed by atoms with Crippen LogP contribution in [0, 0.1) is 0 Å². The maximum absolute atomic E-state index is 11.3. The normalized spacial score (nSPS) is 10.4. The summed E-state index contributed by atoms with van der Waals surface area (Å²) in [4.78, 5) is 48.6. The van der Waals surface area contributed by atoms with Crippen molar-refractivity contribution in [1.29, 1.82) is 0 Å². The van der Waals surface area contributed by atoms with Crippen molar-refractivity contribution < 1.29 is 28.7 Å². The van der Waals surface area contributed by atoms with Gasteiger partial charge in [0, 0.05) is 0 Å². The van der Waals surface area contributed by atoms with Gasteiger partial charge in [0.2, 0.25) is 11.8 Å². The predicted molar refractivity (Wildman–Crippen MR) is 85.0 cm³/mol. The number of likely N-dealkylation sites (N-methyl/N-ethyl adjacent to an activating group) is 2. The summed E-state index contributed by atoms with van der Waals surface area (Å²) in [5.41, 5.74) is 0. The maximum Gasteiger partial charge on any atom is 0.417 e. The summed E-state index contributed by atoms with van der Waals surface area (Å²) in [7, 11) is 6.99. The third-order valence-corrected chi connectivity index (χ3v) is 2.40. The molecule has 0 bridgehead atoms. The van der Waals surface area contributed by atoms with Crippen LogP contribution in [0.15, 0.2) is 0 Å². The van der Waals surface area contributed by atoms with Crippen LogP contribution in [0.2, 0.25) is 0 Å². The summed E-state index contributed by atoms with van der Waals surface area (Å²) in [6.07, 6.45) is 0. The minimum atomic E-state index is -1.14. The molecule has 10 heteroatoms. The van der Waals surface area contributed by atoms with Gasteiger partial charge in [0.1, 0.15) is 13.2 Å². The van der Waals surface area contributed by atoms with E-state index in [0.717, 1.165) is 0 Å². The molecule has 0 aliphatic heterocycles. The van der Waals surface area contributed by atoms with Gasteiger partial charge in [-0.1, -0.05) is 0 Å². The number of carbonyl (C=O) groups excluding carboxylic acids is 4. The van der Waals surface area contributed by atoms with Crippen LogP contribution in [0.4, 0.5) is 0 Å². The van der Waals surface area contributed by atoms with E-state index in [2.05, 4.69) is 20.1 Å². The quantitative estimate of drug-likeness (QED) is 0.252. The molecular formula is C14H26N4O6. The Bertz CT molecular complexity index is 399. The molecule has 0 aromatic heterocycles. The molecule has 0 spiro atoms. The van der Waals surface area contributed by atoms with E-state index in [-0.39, 0.29) is 51.2 Å². The largest absolute Gasteiger partial charge is 0.455 e. The lowest BCUT2D eigenvalue weighted by Crippen LogP contribution is -2.36. The molecule has 0 heterocycles. The van der Waals surface area contributed by atoms with Crippen LogP contribution >= 0.6 is 0 Å². The Morgan fingerprint density at radius 2 is 1.04 bits per heavy atom. The second-order valence-corrected chi connectivity index (χ2v) is 5.45. The highest BCUT2D eigenvalue weighted by Crippen LogP contribution is 1.85. The predicted octanol–water partition coefficient (Wildman–Crippen LogP) is -2.57. The monoisotopic (exact) mass is 346 g/mol. The van der Waals surface area contributed by atoms with Crippen molar-refractivity contribution in [3.05, 3.63) is 0 Å². The summed E-state index contributed by atoms with van der Waals surface area (Å²) >= 11 is 0. The van der Waals surface area contributed by atoms with Crippen molar-refractivity contribution in [2.75, 3.05) is 67.6 Å². The highest BCUT2D eigenvalue weighted by Gasteiger charge is 2.17. The third-order valence-electron chi connectivity index (χ3n) is 2.40. The molecule has 2 amide bonds. The van der Waals surface area contributed by atoms with Crippen molar-refractivity contribution in [3.63, 3.8) is 0 Å². The molecule has 0 aliphatic carbocycles. The molecule has 0 rings (SSSR count). The smallest absolute Gasteiger partial charge is 0.417 e. The Kier molecular flexibility index (Phi) is 11.1.